The van der Waals surface area contributed by atoms with Crippen molar-refractivity contribution in [3.63, 3.8) is 0 Å². The molecule has 1 saturated heterocycles. The first-order chi connectivity index (χ1) is 11.7. The van der Waals surface area contributed by atoms with E-state index in [-0.39, 0.29) is 27.9 Å². The molecule has 0 saturated carbocycles. The third kappa shape index (κ3) is 5.32. The summed E-state index contributed by atoms with van der Waals surface area (Å²) in [5, 5.41) is 3.29. The Kier molecular flexibility index (Phi) is 8.34. The minimum Gasteiger partial charge on any atom is -0.495 e. The number of nitrogens with zero attached hydrogens (tertiary/aromatic N) is 1. The number of piperidine rings is 1. The highest BCUT2D eigenvalue weighted by Crippen LogP contribution is 2.31. The first-order valence-electron chi connectivity index (χ1n) is 8.29. The van der Waals surface area contributed by atoms with Crippen LogP contribution in [0.5, 0.6) is 5.75 Å². The average molecular weight is 427 g/mol. The molecule has 1 fully saturated rings. The van der Waals surface area contributed by atoms with Crippen molar-refractivity contribution in [1.82, 2.24) is 9.62 Å². The molecule has 1 aliphatic rings. The van der Waals surface area contributed by atoms with E-state index in [1.807, 2.05) is 6.92 Å². The number of methoxy groups -OCH3 is 1. The maximum Gasteiger partial charge on any atom is 0.246 e. The summed E-state index contributed by atoms with van der Waals surface area (Å²) in [5.74, 6) is 0.609. The SMILES string of the molecule is CCNCC1CCN(S(=O)(=O)c2cc(S(C)(=O)=O)ccc2OC)CC1.Cl. The molecule has 0 amide bonds. The van der Waals surface area contributed by atoms with Gasteiger partial charge in [0.1, 0.15) is 10.6 Å². The number of halogens is 1. The molecule has 1 N–H and O–H groups in total. The van der Waals surface area contributed by atoms with Gasteiger partial charge in [0.25, 0.3) is 0 Å². The van der Waals surface area contributed by atoms with Crippen molar-refractivity contribution in [2.75, 3.05) is 39.5 Å². The van der Waals surface area contributed by atoms with Crippen molar-refractivity contribution in [3.8, 4) is 5.75 Å². The van der Waals surface area contributed by atoms with Crippen molar-refractivity contribution in [1.29, 1.82) is 0 Å². The van der Waals surface area contributed by atoms with Crippen LogP contribution in [0.15, 0.2) is 28.0 Å². The Labute approximate surface area is 162 Å². The molecule has 26 heavy (non-hydrogen) atoms. The summed E-state index contributed by atoms with van der Waals surface area (Å²) in [4.78, 5) is -0.128. The van der Waals surface area contributed by atoms with Crippen molar-refractivity contribution >= 4 is 32.3 Å². The quantitative estimate of drug-likeness (QED) is 0.710. The summed E-state index contributed by atoms with van der Waals surface area (Å²) < 4.78 is 56.1. The van der Waals surface area contributed by atoms with Gasteiger partial charge in [-0.15, -0.1) is 12.4 Å². The van der Waals surface area contributed by atoms with Crippen LogP contribution >= 0.6 is 12.4 Å². The summed E-state index contributed by atoms with van der Waals surface area (Å²) in [6.07, 6.45) is 2.61. The van der Waals surface area contributed by atoms with E-state index in [0.29, 0.717) is 19.0 Å². The number of nitrogens with one attached hydrogen (secondary N) is 1. The first kappa shape index (κ1) is 23.2. The smallest absolute Gasteiger partial charge is 0.246 e. The van der Waals surface area contributed by atoms with E-state index in [0.717, 1.165) is 32.2 Å². The zero-order valence-electron chi connectivity index (χ0n) is 15.3. The van der Waals surface area contributed by atoms with E-state index in [4.69, 9.17) is 4.74 Å². The monoisotopic (exact) mass is 426 g/mol. The highest BCUT2D eigenvalue weighted by molar-refractivity contribution is 7.91. The average Bonchev–Trinajstić information content (AvgIpc) is 2.59. The number of sulfone groups is 1. The van der Waals surface area contributed by atoms with Gasteiger partial charge in [0.2, 0.25) is 10.0 Å². The molecule has 10 heteroatoms. The number of hydrogen-bond acceptors (Lipinski definition) is 6. The Morgan fingerprint density at radius 3 is 2.31 bits per heavy atom. The van der Waals surface area contributed by atoms with Crippen LogP contribution in [0.25, 0.3) is 0 Å². The number of rotatable bonds is 7. The van der Waals surface area contributed by atoms with Gasteiger partial charge in [-0.2, -0.15) is 4.31 Å². The molecule has 1 heterocycles. The summed E-state index contributed by atoms with van der Waals surface area (Å²) >= 11 is 0. The summed E-state index contributed by atoms with van der Waals surface area (Å²) in [7, 11) is -5.94. The van der Waals surface area contributed by atoms with Crippen LogP contribution in [0.3, 0.4) is 0 Å². The predicted octanol–water partition coefficient (Wildman–Crippen LogP) is 1.53. The summed E-state index contributed by atoms with van der Waals surface area (Å²) in [5.41, 5.74) is 0. The van der Waals surface area contributed by atoms with Crippen molar-refractivity contribution in [3.05, 3.63) is 18.2 Å². The molecular formula is C16H27ClN2O5S2. The van der Waals surface area contributed by atoms with Crippen LogP contribution in [-0.4, -0.2) is 60.7 Å². The predicted molar refractivity (Wildman–Crippen MR) is 103 cm³/mol. The van der Waals surface area contributed by atoms with E-state index < -0.39 is 19.9 Å². The minimum absolute atomic E-state index is 0. The zero-order valence-corrected chi connectivity index (χ0v) is 17.7. The van der Waals surface area contributed by atoms with E-state index in [1.165, 1.54) is 29.6 Å². The molecule has 0 bridgehead atoms. The van der Waals surface area contributed by atoms with Crippen LogP contribution in [-0.2, 0) is 19.9 Å². The van der Waals surface area contributed by atoms with Crippen LogP contribution < -0.4 is 10.1 Å². The largest absolute Gasteiger partial charge is 0.495 e. The highest BCUT2D eigenvalue weighted by Gasteiger charge is 2.32. The second-order valence-electron chi connectivity index (χ2n) is 6.24. The first-order valence-corrected chi connectivity index (χ1v) is 11.6. The maximum atomic E-state index is 13.0. The molecule has 0 aliphatic carbocycles. The highest BCUT2D eigenvalue weighted by atomic mass is 35.5. The Morgan fingerprint density at radius 1 is 1.19 bits per heavy atom. The fourth-order valence-electron chi connectivity index (χ4n) is 2.93. The summed E-state index contributed by atoms with van der Waals surface area (Å²) in [6.45, 7) is 4.67. The fraction of sp³-hybridized carbons (Fsp3) is 0.625. The maximum absolute atomic E-state index is 13.0. The molecule has 2 rings (SSSR count). The van der Waals surface area contributed by atoms with Crippen LogP contribution in [0.1, 0.15) is 19.8 Å². The van der Waals surface area contributed by atoms with Crippen molar-refractivity contribution in [2.45, 2.75) is 29.6 Å². The Morgan fingerprint density at radius 2 is 1.81 bits per heavy atom. The van der Waals surface area contributed by atoms with Gasteiger partial charge >= 0.3 is 0 Å². The summed E-state index contributed by atoms with van der Waals surface area (Å²) in [6, 6.07) is 3.94. The van der Waals surface area contributed by atoms with Crippen LogP contribution in [0.2, 0.25) is 0 Å². The topological polar surface area (TPSA) is 92.8 Å². The molecule has 1 aliphatic heterocycles. The lowest BCUT2D eigenvalue weighted by atomic mass is 9.98. The number of ether oxygens (including phenoxy) is 1. The fourth-order valence-corrected chi connectivity index (χ4v) is 5.30. The number of sulfonamides is 1. The molecule has 0 radical (unpaired) electrons. The van der Waals surface area contributed by atoms with Gasteiger partial charge in [0.15, 0.2) is 9.84 Å². The van der Waals surface area contributed by atoms with Crippen molar-refractivity contribution in [2.24, 2.45) is 5.92 Å². The normalized spacial score (nSPS) is 16.9. The number of benzene rings is 1. The minimum atomic E-state index is -3.81. The van der Waals surface area contributed by atoms with Gasteiger partial charge in [-0.25, -0.2) is 16.8 Å². The lowest BCUT2D eigenvalue weighted by Crippen LogP contribution is -2.40. The third-order valence-electron chi connectivity index (χ3n) is 4.44. The second-order valence-corrected chi connectivity index (χ2v) is 10.2. The molecule has 0 spiro atoms. The van der Waals surface area contributed by atoms with Gasteiger partial charge in [-0.3, -0.25) is 0 Å². The van der Waals surface area contributed by atoms with E-state index >= 15 is 0 Å². The van der Waals surface area contributed by atoms with Crippen molar-refractivity contribution < 1.29 is 21.6 Å². The zero-order chi connectivity index (χ0) is 18.7. The van der Waals surface area contributed by atoms with Crippen LogP contribution in [0, 0.1) is 5.92 Å². The number of hydrogen-bond donors (Lipinski definition) is 1. The Hall–Kier alpha value is -0.870. The molecular weight excluding hydrogens is 400 g/mol. The Bertz CT molecular complexity index is 804. The third-order valence-corrected chi connectivity index (χ3v) is 7.47. The second kappa shape index (κ2) is 9.36. The van der Waals surface area contributed by atoms with Gasteiger partial charge in [0.05, 0.1) is 12.0 Å². The molecule has 0 atom stereocenters. The van der Waals surface area contributed by atoms with E-state index in [9.17, 15) is 16.8 Å². The standard InChI is InChI=1S/C16H26N2O5S2.ClH/c1-4-17-12-13-7-9-18(10-8-13)25(21,22)16-11-14(24(3,19)20)5-6-15(16)23-2;/h5-6,11,13,17H,4,7-10,12H2,1-3H3;1H. The van der Waals surface area contributed by atoms with Gasteiger partial charge in [-0.1, -0.05) is 6.92 Å². The molecule has 1 aromatic rings. The Balaban J connectivity index is 0.00000338. The van der Waals surface area contributed by atoms with Gasteiger partial charge in [0, 0.05) is 19.3 Å². The van der Waals surface area contributed by atoms with Gasteiger partial charge < -0.3 is 10.1 Å². The molecule has 7 nitrogen and oxygen atoms in total. The van der Waals surface area contributed by atoms with Crippen LogP contribution in [0.4, 0.5) is 0 Å². The molecule has 1 aromatic carbocycles. The molecule has 0 aromatic heterocycles. The molecule has 0 unspecified atom stereocenters. The van der Waals surface area contributed by atoms with Gasteiger partial charge in [-0.05, 0) is 50.0 Å². The lowest BCUT2D eigenvalue weighted by Gasteiger charge is -2.31. The molecule has 150 valence electrons. The van der Waals surface area contributed by atoms with E-state index in [1.54, 1.807) is 0 Å². The lowest BCUT2D eigenvalue weighted by molar-refractivity contribution is 0.267. The van der Waals surface area contributed by atoms with E-state index in [2.05, 4.69) is 5.32 Å².